The molecule has 0 aromatic heterocycles. The van der Waals surface area contributed by atoms with Crippen molar-refractivity contribution in [2.24, 2.45) is 0 Å². The number of hydrogen-bond acceptors (Lipinski definition) is 4. The van der Waals surface area contributed by atoms with Gasteiger partial charge in [-0.25, -0.2) is 8.42 Å². The highest BCUT2D eigenvalue weighted by Crippen LogP contribution is 2.29. The first-order chi connectivity index (χ1) is 22.1. The van der Waals surface area contributed by atoms with Gasteiger partial charge in [-0.1, -0.05) is 101 Å². The van der Waals surface area contributed by atoms with Crippen molar-refractivity contribution < 1.29 is 18.0 Å². The number of nitrogens with zero attached hydrogens (tertiary/aromatic N) is 2. The predicted octanol–water partition coefficient (Wildman–Crippen LogP) is 7.31. The van der Waals surface area contributed by atoms with Crippen molar-refractivity contribution in [1.29, 1.82) is 0 Å². The molecule has 1 fully saturated rings. The lowest BCUT2D eigenvalue weighted by atomic mass is 10.0. The Bertz CT molecular complexity index is 1750. The predicted molar refractivity (Wildman–Crippen MR) is 186 cm³/mol. The zero-order valence-corrected chi connectivity index (χ0v) is 28.8. The number of nitrogens with one attached hydrogen (secondary N) is 1. The highest BCUT2D eigenvalue weighted by molar-refractivity contribution is 9.10. The first-order valence-corrected chi connectivity index (χ1v) is 17.9. The number of hydrogen-bond donors (Lipinski definition) is 1. The van der Waals surface area contributed by atoms with Crippen LogP contribution < -0.4 is 9.62 Å². The second-order valence-electron chi connectivity index (χ2n) is 11.6. The molecule has 0 bridgehead atoms. The number of para-hydroxylation sites is 1. The van der Waals surface area contributed by atoms with E-state index in [4.69, 9.17) is 11.6 Å². The number of amides is 2. The van der Waals surface area contributed by atoms with E-state index in [0.29, 0.717) is 16.3 Å². The summed E-state index contributed by atoms with van der Waals surface area (Å²) in [5.74, 6) is -0.740. The highest BCUT2D eigenvalue weighted by Gasteiger charge is 2.36. The smallest absolute Gasteiger partial charge is 0.264 e. The van der Waals surface area contributed by atoms with Crippen molar-refractivity contribution >= 4 is 55.1 Å². The summed E-state index contributed by atoms with van der Waals surface area (Å²) in [5, 5.41) is 3.60. The molecule has 1 saturated carbocycles. The van der Waals surface area contributed by atoms with Gasteiger partial charge in [-0.3, -0.25) is 13.9 Å². The van der Waals surface area contributed by atoms with Crippen molar-refractivity contribution in [2.45, 2.75) is 62.6 Å². The van der Waals surface area contributed by atoms with E-state index in [1.54, 1.807) is 25.1 Å². The van der Waals surface area contributed by atoms with Crippen molar-refractivity contribution in [3.63, 3.8) is 0 Å². The number of carbonyl (C=O) groups excluding carboxylic acids is 2. The van der Waals surface area contributed by atoms with Gasteiger partial charge in [-0.2, -0.15) is 0 Å². The Morgan fingerprint density at radius 3 is 2.15 bits per heavy atom. The molecular weight excluding hydrogens is 686 g/mol. The SMILES string of the molecule is Cc1ccccc1N(CC(=O)N(Cc1ccc(Br)cc1)[C@@H](Cc1ccccc1)C(=O)NC1CCCC1)S(=O)(=O)c1ccc(Cl)cc1. The second-order valence-corrected chi connectivity index (χ2v) is 14.8. The van der Waals surface area contributed by atoms with Gasteiger partial charge in [0.1, 0.15) is 12.6 Å². The van der Waals surface area contributed by atoms with Crippen LogP contribution in [0, 0.1) is 6.92 Å². The Morgan fingerprint density at radius 2 is 1.50 bits per heavy atom. The molecule has 1 atom stereocenters. The Hall–Kier alpha value is -3.66. The third-order valence-corrected chi connectivity index (χ3v) is 10.9. The molecular formula is C36H37BrClN3O4S. The standard InChI is InChI=1S/C36H37BrClN3O4S/c1-26-9-5-8-14-33(26)41(46(44,45)32-21-19-30(38)20-22-32)25-35(42)40(24-28-15-17-29(37)18-16-28)34(23-27-10-3-2-4-11-27)36(43)39-31-12-6-7-13-31/h2-5,8-11,14-22,31,34H,6-7,12-13,23-25H2,1H3,(H,39,43)/t34-/m0/s1. The van der Waals surface area contributed by atoms with Gasteiger partial charge in [-0.05, 0) is 78.9 Å². The van der Waals surface area contributed by atoms with Gasteiger partial charge in [0.2, 0.25) is 11.8 Å². The molecule has 5 rings (SSSR count). The molecule has 0 unspecified atom stereocenters. The van der Waals surface area contributed by atoms with Gasteiger partial charge in [0, 0.05) is 28.5 Å². The van der Waals surface area contributed by atoms with Gasteiger partial charge in [0.25, 0.3) is 10.0 Å². The fraction of sp³-hybridized carbons (Fsp3) is 0.278. The molecule has 7 nitrogen and oxygen atoms in total. The number of benzene rings is 4. The molecule has 4 aromatic rings. The third-order valence-electron chi connectivity index (χ3n) is 8.30. The van der Waals surface area contributed by atoms with Gasteiger partial charge in [0.15, 0.2) is 0 Å². The summed E-state index contributed by atoms with van der Waals surface area (Å²) in [7, 11) is -4.20. The van der Waals surface area contributed by atoms with Crippen LogP contribution >= 0.6 is 27.5 Å². The van der Waals surface area contributed by atoms with Crippen LogP contribution in [0.3, 0.4) is 0 Å². The number of halogens is 2. The molecule has 4 aromatic carbocycles. The van der Waals surface area contributed by atoms with Crippen LogP contribution in [-0.2, 0) is 32.6 Å². The zero-order valence-electron chi connectivity index (χ0n) is 25.6. The molecule has 0 spiro atoms. The average molecular weight is 723 g/mol. The monoisotopic (exact) mass is 721 g/mol. The summed E-state index contributed by atoms with van der Waals surface area (Å²) in [5.41, 5.74) is 2.77. The van der Waals surface area contributed by atoms with E-state index in [-0.39, 0.29) is 29.8 Å². The molecule has 240 valence electrons. The molecule has 1 N–H and O–H groups in total. The van der Waals surface area contributed by atoms with Crippen molar-refractivity contribution in [3.8, 4) is 0 Å². The van der Waals surface area contributed by atoms with Crippen molar-refractivity contribution in [2.75, 3.05) is 10.8 Å². The maximum Gasteiger partial charge on any atom is 0.264 e. The van der Waals surface area contributed by atoms with E-state index in [1.165, 1.54) is 29.2 Å². The second kappa shape index (κ2) is 15.3. The summed E-state index contributed by atoms with van der Waals surface area (Å²) in [6.45, 7) is 1.41. The molecule has 0 radical (unpaired) electrons. The van der Waals surface area contributed by atoms with Crippen molar-refractivity contribution in [1.82, 2.24) is 10.2 Å². The first kappa shape index (κ1) is 33.7. The number of carbonyl (C=O) groups is 2. The summed E-state index contributed by atoms with van der Waals surface area (Å²) < 4.78 is 30.4. The normalized spacial score (nSPS) is 14.1. The quantitative estimate of drug-likeness (QED) is 0.166. The minimum Gasteiger partial charge on any atom is -0.352 e. The Morgan fingerprint density at radius 1 is 0.870 bits per heavy atom. The molecule has 46 heavy (non-hydrogen) atoms. The maximum absolute atomic E-state index is 14.6. The number of sulfonamides is 1. The summed E-state index contributed by atoms with van der Waals surface area (Å²) >= 11 is 9.55. The summed E-state index contributed by atoms with van der Waals surface area (Å²) in [6, 6.07) is 29.2. The highest BCUT2D eigenvalue weighted by atomic mass is 79.9. The molecule has 0 heterocycles. The van der Waals surface area contributed by atoms with Gasteiger partial charge in [0.05, 0.1) is 10.6 Å². The lowest BCUT2D eigenvalue weighted by Gasteiger charge is -2.34. The molecule has 0 aliphatic heterocycles. The summed E-state index contributed by atoms with van der Waals surface area (Å²) in [6.07, 6.45) is 4.15. The molecule has 2 amide bonds. The lowest BCUT2D eigenvalue weighted by Crippen LogP contribution is -2.54. The van der Waals surface area contributed by atoms with E-state index in [2.05, 4.69) is 21.2 Å². The molecule has 1 aliphatic carbocycles. The number of aryl methyl sites for hydroxylation is 1. The third kappa shape index (κ3) is 8.37. The van der Waals surface area contributed by atoms with Crippen LogP contribution in [-0.4, -0.2) is 43.8 Å². The Balaban J connectivity index is 1.57. The lowest BCUT2D eigenvalue weighted by molar-refractivity contribution is -0.140. The average Bonchev–Trinajstić information content (AvgIpc) is 3.56. The minimum absolute atomic E-state index is 0.00669. The molecule has 1 aliphatic rings. The summed E-state index contributed by atoms with van der Waals surface area (Å²) in [4.78, 5) is 30.3. The van der Waals surface area contributed by atoms with Gasteiger partial charge >= 0.3 is 0 Å². The first-order valence-electron chi connectivity index (χ1n) is 15.3. The Kier molecular flexibility index (Phi) is 11.2. The van der Waals surface area contributed by atoms with Gasteiger partial charge in [-0.15, -0.1) is 0 Å². The number of rotatable bonds is 12. The van der Waals surface area contributed by atoms with Crippen LogP contribution in [0.4, 0.5) is 5.69 Å². The topological polar surface area (TPSA) is 86.8 Å². The van der Waals surface area contributed by atoms with E-state index in [1.807, 2.05) is 60.7 Å². The van der Waals surface area contributed by atoms with Crippen LogP contribution in [0.2, 0.25) is 5.02 Å². The van der Waals surface area contributed by atoms with Crippen LogP contribution in [0.1, 0.15) is 42.4 Å². The molecule has 0 saturated heterocycles. The van der Waals surface area contributed by atoms with Crippen LogP contribution in [0.25, 0.3) is 0 Å². The van der Waals surface area contributed by atoms with Crippen molar-refractivity contribution in [3.05, 3.63) is 129 Å². The fourth-order valence-electron chi connectivity index (χ4n) is 5.80. The minimum atomic E-state index is -4.20. The van der Waals surface area contributed by atoms with E-state index in [0.717, 1.165) is 45.6 Å². The molecule has 10 heteroatoms. The van der Waals surface area contributed by atoms with Crippen LogP contribution in [0.15, 0.2) is 112 Å². The number of anilines is 1. The maximum atomic E-state index is 14.6. The van der Waals surface area contributed by atoms with E-state index < -0.39 is 28.5 Å². The fourth-order valence-corrected chi connectivity index (χ4v) is 7.67. The zero-order chi connectivity index (χ0) is 32.7. The largest absolute Gasteiger partial charge is 0.352 e. The van der Waals surface area contributed by atoms with E-state index in [9.17, 15) is 18.0 Å². The van der Waals surface area contributed by atoms with Gasteiger partial charge < -0.3 is 10.2 Å². The van der Waals surface area contributed by atoms with E-state index >= 15 is 0 Å². The Labute approximate surface area is 284 Å². The van der Waals surface area contributed by atoms with Crippen LogP contribution in [0.5, 0.6) is 0 Å².